The Kier molecular flexibility index (Phi) is 4.28. The number of rotatable bonds is 3. The Morgan fingerprint density at radius 1 is 1.08 bits per heavy atom. The van der Waals surface area contributed by atoms with Crippen molar-refractivity contribution in [3.63, 3.8) is 0 Å². The summed E-state index contributed by atoms with van der Waals surface area (Å²) in [4.78, 5) is 50.1. The number of likely N-dealkylation sites (tertiary alicyclic amines) is 1. The average Bonchev–Trinajstić information content (AvgIpc) is 2.79. The number of hydrogen-bond acceptors (Lipinski definition) is 5. The van der Waals surface area contributed by atoms with Crippen molar-refractivity contribution in [2.45, 2.75) is 25.7 Å². The van der Waals surface area contributed by atoms with Gasteiger partial charge in [-0.1, -0.05) is 18.9 Å². The highest BCUT2D eigenvalue weighted by Gasteiger charge is 2.42. The van der Waals surface area contributed by atoms with Crippen molar-refractivity contribution in [1.82, 2.24) is 9.80 Å². The van der Waals surface area contributed by atoms with E-state index in [-0.39, 0.29) is 23.6 Å². The maximum Gasteiger partial charge on any atom is 0.282 e. The molecule has 8 nitrogen and oxygen atoms in total. The van der Waals surface area contributed by atoms with Crippen LogP contribution in [0.3, 0.4) is 0 Å². The van der Waals surface area contributed by atoms with E-state index in [2.05, 4.69) is 0 Å². The first kappa shape index (κ1) is 16.1. The van der Waals surface area contributed by atoms with E-state index < -0.39 is 22.4 Å². The zero-order chi connectivity index (χ0) is 17.3. The molecule has 1 fully saturated rings. The lowest BCUT2D eigenvalue weighted by molar-refractivity contribution is -0.385. The fraction of sp³-hybridized carbons (Fsp3) is 0.438. The number of benzene rings is 1. The predicted molar refractivity (Wildman–Crippen MR) is 83.5 cm³/mol. The van der Waals surface area contributed by atoms with Crippen LogP contribution in [0.4, 0.5) is 5.69 Å². The van der Waals surface area contributed by atoms with Gasteiger partial charge in [-0.3, -0.25) is 29.4 Å². The molecule has 0 bridgehead atoms. The van der Waals surface area contributed by atoms with Gasteiger partial charge in [-0.05, 0) is 18.9 Å². The van der Waals surface area contributed by atoms with Gasteiger partial charge in [-0.25, -0.2) is 0 Å². The standard InChI is InChI=1S/C16H17N3O5/c20-13(17-8-3-1-2-4-9-17)10-18-15(21)11-6-5-7-12(19(23)24)14(11)16(18)22/h5-7H,1-4,8-10H2. The molecule has 0 radical (unpaired) electrons. The molecular weight excluding hydrogens is 314 g/mol. The highest BCUT2D eigenvalue weighted by Crippen LogP contribution is 2.30. The molecule has 0 unspecified atom stereocenters. The van der Waals surface area contributed by atoms with Crippen molar-refractivity contribution in [3.05, 3.63) is 39.4 Å². The molecular formula is C16H17N3O5. The van der Waals surface area contributed by atoms with E-state index in [0.717, 1.165) is 30.6 Å². The summed E-state index contributed by atoms with van der Waals surface area (Å²) in [6.07, 6.45) is 3.92. The second-order valence-electron chi connectivity index (χ2n) is 5.95. The van der Waals surface area contributed by atoms with Gasteiger partial charge in [0.05, 0.1) is 10.5 Å². The van der Waals surface area contributed by atoms with Crippen LogP contribution in [0.5, 0.6) is 0 Å². The first-order chi connectivity index (χ1) is 11.5. The number of imide groups is 1. The minimum atomic E-state index is -0.773. The Morgan fingerprint density at radius 2 is 1.75 bits per heavy atom. The molecule has 0 saturated carbocycles. The maximum absolute atomic E-state index is 12.4. The molecule has 2 aliphatic heterocycles. The van der Waals surface area contributed by atoms with Gasteiger partial charge >= 0.3 is 0 Å². The van der Waals surface area contributed by atoms with E-state index in [1.165, 1.54) is 18.2 Å². The summed E-state index contributed by atoms with van der Waals surface area (Å²) in [7, 11) is 0. The molecule has 1 saturated heterocycles. The number of amides is 3. The first-order valence-electron chi connectivity index (χ1n) is 7.92. The second-order valence-corrected chi connectivity index (χ2v) is 5.95. The monoisotopic (exact) mass is 331 g/mol. The molecule has 0 aliphatic carbocycles. The van der Waals surface area contributed by atoms with E-state index in [1.54, 1.807) is 4.90 Å². The smallest absolute Gasteiger partial charge is 0.282 e. The van der Waals surface area contributed by atoms with Crippen LogP contribution in [0.15, 0.2) is 18.2 Å². The summed E-state index contributed by atoms with van der Waals surface area (Å²) in [5.74, 6) is -1.72. The van der Waals surface area contributed by atoms with Crippen LogP contribution in [0.1, 0.15) is 46.4 Å². The van der Waals surface area contributed by atoms with E-state index in [9.17, 15) is 24.5 Å². The zero-order valence-electron chi connectivity index (χ0n) is 13.1. The van der Waals surface area contributed by atoms with Crippen molar-refractivity contribution in [2.75, 3.05) is 19.6 Å². The van der Waals surface area contributed by atoms with Crippen LogP contribution in [-0.4, -0.2) is 52.1 Å². The summed E-state index contributed by atoms with van der Waals surface area (Å²) >= 11 is 0. The number of hydrogen-bond donors (Lipinski definition) is 0. The van der Waals surface area contributed by atoms with Crippen LogP contribution >= 0.6 is 0 Å². The van der Waals surface area contributed by atoms with Crippen molar-refractivity contribution in [3.8, 4) is 0 Å². The van der Waals surface area contributed by atoms with Crippen molar-refractivity contribution >= 4 is 23.4 Å². The maximum atomic E-state index is 12.4. The van der Waals surface area contributed by atoms with Gasteiger partial charge in [-0.2, -0.15) is 0 Å². The molecule has 0 spiro atoms. The fourth-order valence-corrected chi connectivity index (χ4v) is 3.17. The third kappa shape index (κ3) is 2.75. The Labute approximate surface area is 138 Å². The number of nitro groups is 1. The summed E-state index contributed by atoms with van der Waals surface area (Å²) in [5.41, 5.74) is -0.649. The topological polar surface area (TPSA) is 101 Å². The molecule has 2 aliphatic rings. The number of nitro benzene ring substituents is 1. The molecule has 0 aromatic heterocycles. The Hall–Kier alpha value is -2.77. The third-order valence-electron chi connectivity index (χ3n) is 4.43. The van der Waals surface area contributed by atoms with E-state index in [1.807, 2.05) is 0 Å². The van der Waals surface area contributed by atoms with E-state index in [0.29, 0.717) is 13.1 Å². The molecule has 24 heavy (non-hydrogen) atoms. The Balaban J connectivity index is 1.82. The molecule has 0 N–H and O–H groups in total. The van der Waals surface area contributed by atoms with E-state index >= 15 is 0 Å². The summed E-state index contributed by atoms with van der Waals surface area (Å²) in [5, 5.41) is 11.1. The minimum Gasteiger partial charge on any atom is -0.341 e. The van der Waals surface area contributed by atoms with Gasteiger partial charge < -0.3 is 4.90 Å². The molecule has 8 heteroatoms. The van der Waals surface area contributed by atoms with Crippen LogP contribution in [0.2, 0.25) is 0 Å². The molecule has 2 heterocycles. The van der Waals surface area contributed by atoms with E-state index in [4.69, 9.17) is 0 Å². The van der Waals surface area contributed by atoms with Crippen molar-refractivity contribution in [1.29, 1.82) is 0 Å². The highest BCUT2D eigenvalue weighted by atomic mass is 16.6. The highest BCUT2D eigenvalue weighted by molar-refractivity contribution is 6.24. The summed E-state index contributed by atoms with van der Waals surface area (Å²) in [6.45, 7) is 0.855. The third-order valence-corrected chi connectivity index (χ3v) is 4.43. The Morgan fingerprint density at radius 3 is 2.38 bits per heavy atom. The molecule has 0 atom stereocenters. The fourth-order valence-electron chi connectivity index (χ4n) is 3.17. The van der Waals surface area contributed by atoms with Gasteiger partial charge in [0.25, 0.3) is 17.5 Å². The number of fused-ring (bicyclic) bond motifs is 1. The van der Waals surface area contributed by atoms with Crippen LogP contribution in [-0.2, 0) is 4.79 Å². The van der Waals surface area contributed by atoms with Gasteiger partial charge in [0.1, 0.15) is 12.1 Å². The number of carbonyl (C=O) groups is 3. The largest absolute Gasteiger partial charge is 0.341 e. The van der Waals surface area contributed by atoms with Crippen LogP contribution in [0.25, 0.3) is 0 Å². The zero-order valence-corrected chi connectivity index (χ0v) is 13.1. The first-order valence-corrected chi connectivity index (χ1v) is 7.92. The SMILES string of the molecule is O=C(CN1C(=O)c2cccc([N+](=O)[O-])c2C1=O)N1CCCCCC1. The lowest BCUT2D eigenvalue weighted by Crippen LogP contribution is -2.43. The lowest BCUT2D eigenvalue weighted by atomic mass is 10.1. The molecule has 1 aromatic carbocycles. The molecule has 126 valence electrons. The Bertz CT molecular complexity index is 722. The minimum absolute atomic E-state index is 0.0159. The van der Waals surface area contributed by atoms with Gasteiger partial charge in [0.15, 0.2) is 0 Å². The van der Waals surface area contributed by atoms with Gasteiger partial charge in [-0.15, -0.1) is 0 Å². The predicted octanol–water partition coefficient (Wildman–Crippen LogP) is 1.59. The quantitative estimate of drug-likeness (QED) is 0.475. The normalized spacial score (nSPS) is 17.7. The van der Waals surface area contributed by atoms with Crippen LogP contribution in [0, 0.1) is 10.1 Å². The van der Waals surface area contributed by atoms with Gasteiger partial charge in [0.2, 0.25) is 5.91 Å². The molecule has 3 rings (SSSR count). The lowest BCUT2D eigenvalue weighted by Gasteiger charge is -2.23. The summed E-state index contributed by atoms with van der Waals surface area (Å²) in [6, 6.07) is 3.92. The number of nitrogens with zero attached hydrogens (tertiary/aromatic N) is 3. The number of carbonyl (C=O) groups excluding carboxylic acids is 3. The molecule has 1 aromatic rings. The van der Waals surface area contributed by atoms with Gasteiger partial charge in [0, 0.05) is 19.2 Å². The summed E-state index contributed by atoms with van der Waals surface area (Å²) < 4.78 is 0. The second kappa shape index (κ2) is 6.38. The molecule has 3 amide bonds. The van der Waals surface area contributed by atoms with Crippen LogP contribution < -0.4 is 0 Å². The van der Waals surface area contributed by atoms with Crippen molar-refractivity contribution < 1.29 is 19.3 Å². The average molecular weight is 331 g/mol. The van der Waals surface area contributed by atoms with Crippen molar-refractivity contribution in [2.24, 2.45) is 0 Å².